The Morgan fingerprint density at radius 1 is 1.25 bits per heavy atom. The Bertz CT molecular complexity index is 778. The summed E-state index contributed by atoms with van der Waals surface area (Å²) in [5.74, 6) is 0.269. The molecule has 0 radical (unpaired) electrons. The lowest BCUT2D eigenvalue weighted by Gasteiger charge is -2.24. The molecule has 152 valence electrons. The molecule has 1 aliphatic heterocycles. The molecule has 0 unspecified atom stereocenters. The van der Waals surface area contributed by atoms with Crippen molar-refractivity contribution in [2.75, 3.05) is 0 Å². The SMILES string of the molecule is CC(C)[C@H](NC(=O)OC(C)(C)C)C(=O)N/N=C\C1=Cc2ccccc2O[C@H]1C. The van der Waals surface area contributed by atoms with Crippen molar-refractivity contribution in [1.29, 1.82) is 0 Å². The van der Waals surface area contributed by atoms with E-state index in [9.17, 15) is 9.59 Å². The van der Waals surface area contributed by atoms with Crippen molar-refractivity contribution in [2.24, 2.45) is 11.0 Å². The van der Waals surface area contributed by atoms with Crippen LogP contribution >= 0.6 is 0 Å². The highest BCUT2D eigenvalue weighted by molar-refractivity contribution is 5.91. The van der Waals surface area contributed by atoms with Crippen LogP contribution in [0.15, 0.2) is 34.9 Å². The number of benzene rings is 1. The molecule has 0 bridgehead atoms. The number of nitrogens with one attached hydrogen (secondary N) is 2. The molecule has 0 aliphatic carbocycles. The lowest BCUT2D eigenvalue weighted by Crippen LogP contribution is -2.49. The van der Waals surface area contributed by atoms with E-state index in [1.54, 1.807) is 27.0 Å². The minimum Gasteiger partial charge on any atom is -0.485 e. The van der Waals surface area contributed by atoms with Crippen LogP contribution in [0.3, 0.4) is 0 Å². The molecule has 0 fully saturated rings. The summed E-state index contributed by atoms with van der Waals surface area (Å²) in [6.07, 6.45) is 2.71. The van der Waals surface area contributed by atoms with Crippen LogP contribution in [0.25, 0.3) is 6.08 Å². The van der Waals surface area contributed by atoms with Crippen LogP contribution in [0.1, 0.15) is 47.1 Å². The maximum absolute atomic E-state index is 12.5. The summed E-state index contributed by atoms with van der Waals surface area (Å²) in [5, 5.41) is 6.64. The van der Waals surface area contributed by atoms with Crippen molar-refractivity contribution in [2.45, 2.75) is 59.3 Å². The summed E-state index contributed by atoms with van der Waals surface area (Å²) in [6.45, 7) is 10.9. The van der Waals surface area contributed by atoms with E-state index >= 15 is 0 Å². The predicted molar refractivity (Wildman–Crippen MR) is 109 cm³/mol. The largest absolute Gasteiger partial charge is 0.485 e. The standard InChI is InChI=1S/C21H29N3O4/c1-13(2)18(23-20(26)28-21(4,5)6)19(25)24-22-12-16-11-15-9-7-8-10-17(15)27-14(16)3/h7-14,18H,1-6H3,(H,23,26)(H,24,25)/b22-12-/t14-,18-/m0/s1. The number of hydrazone groups is 1. The highest BCUT2D eigenvalue weighted by Crippen LogP contribution is 2.28. The number of nitrogens with zero attached hydrogens (tertiary/aromatic N) is 1. The van der Waals surface area contributed by atoms with Gasteiger partial charge in [-0.3, -0.25) is 4.79 Å². The molecular formula is C21H29N3O4. The van der Waals surface area contributed by atoms with Gasteiger partial charge in [0.25, 0.3) is 5.91 Å². The van der Waals surface area contributed by atoms with Gasteiger partial charge in [-0.25, -0.2) is 10.2 Å². The quantitative estimate of drug-likeness (QED) is 0.598. The third-order valence-corrected chi connectivity index (χ3v) is 4.02. The molecular weight excluding hydrogens is 358 g/mol. The molecule has 1 aliphatic rings. The topological polar surface area (TPSA) is 89.0 Å². The molecule has 1 aromatic rings. The van der Waals surface area contributed by atoms with Gasteiger partial charge in [0, 0.05) is 11.1 Å². The highest BCUT2D eigenvalue weighted by Gasteiger charge is 2.27. The fourth-order valence-electron chi connectivity index (χ4n) is 2.61. The second-order valence-electron chi connectivity index (χ2n) is 8.04. The van der Waals surface area contributed by atoms with Crippen molar-refractivity contribution in [3.63, 3.8) is 0 Å². The van der Waals surface area contributed by atoms with Crippen molar-refractivity contribution < 1.29 is 19.1 Å². The van der Waals surface area contributed by atoms with E-state index in [4.69, 9.17) is 9.47 Å². The predicted octanol–water partition coefficient (Wildman–Crippen LogP) is 3.50. The van der Waals surface area contributed by atoms with Crippen LogP contribution in [0.4, 0.5) is 4.79 Å². The van der Waals surface area contributed by atoms with Crippen molar-refractivity contribution in [3.05, 3.63) is 35.4 Å². The van der Waals surface area contributed by atoms with Crippen LogP contribution in [-0.4, -0.2) is 36.0 Å². The summed E-state index contributed by atoms with van der Waals surface area (Å²) in [7, 11) is 0. The molecule has 1 aromatic carbocycles. The molecule has 7 nitrogen and oxygen atoms in total. The number of amides is 2. The smallest absolute Gasteiger partial charge is 0.408 e. The average molecular weight is 387 g/mol. The average Bonchev–Trinajstić information content (AvgIpc) is 2.58. The summed E-state index contributed by atoms with van der Waals surface area (Å²) < 4.78 is 11.1. The zero-order chi connectivity index (χ0) is 20.9. The summed E-state index contributed by atoms with van der Waals surface area (Å²) >= 11 is 0. The van der Waals surface area contributed by atoms with Crippen molar-refractivity contribution >= 4 is 24.3 Å². The third-order valence-electron chi connectivity index (χ3n) is 4.02. The van der Waals surface area contributed by atoms with Gasteiger partial charge in [0.2, 0.25) is 0 Å². The first-order valence-corrected chi connectivity index (χ1v) is 9.36. The zero-order valence-electron chi connectivity index (χ0n) is 17.3. The minimum atomic E-state index is -0.762. The molecule has 7 heteroatoms. The van der Waals surface area contributed by atoms with Gasteiger partial charge in [-0.2, -0.15) is 5.10 Å². The number of ether oxygens (including phenoxy) is 2. The monoisotopic (exact) mass is 387 g/mol. The van der Waals surface area contributed by atoms with Crippen LogP contribution in [-0.2, 0) is 9.53 Å². The molecule has 2 amide bonds. The second-order valence-corrected chi connectivity index (χ2v) is 8.04. The van der Waals surface area contributed by atoms with Gasteiger partial charge < -0.3 is 14.8 Å². The van der Waals surface area contributed by atoms with E-state index in [-0.39, 0.29) is 12.0 Å². The Kier molecular flexibility index (Phi) is 6.83. The van der Waals surface area contributed by atoms with Crippen molar-refractivity contribution in [1.82, 2.24) is 10.7 Å². The molecule has 0 aromatic heterocycles. The van der Waals surface area contributed by atoms with Gasteiger partial charge in [0.05, 0.1) is 6.21 Å². The zero-order valence-corrected chi connectivity index (χ0v) is 17.3. The van der Waals surface area contributed by atoms with Crippen LogP contribution < -0.4 is 15.5 Å². The summed E-state index contributed by atoms with van der Waals surface area (Å²) in [6, 6.07) is 6.95. The molecule has 2 rings (SSSR count). The molecule has 2 atom stereocenters. The van der Waals surface area contributed by atoms with Crippen molar-refractivity contribution in [3.8, 4) is 5.75 Å². The lowest BCUT2D eigenvalue weighted by atomic mass is 10.0. The fraction of sp³-hybridized carbons (Fsp3) is 0.476. The first kappa shape index (κ1) is 21.5. The van der Waals surface area contributed by atoms with E-state index in [0.29, 0.717) is 0 Å². The fourth-order valence-corrected chi connectivity index (χ4v) is 2.61. The Labute approximate surface area is 166 Å². The van der Waals surface area contributed by atoms with Gasteiger partial charge in [0.1, 0.15) is 23.5 Å². The normalized spacial score (nSPS) is 17.4. The molecule has 1 heterocycles. The molecule has 0 saturated carbocycles. The number of alkyl carbamates (subject to hydrolysis) is 1. The summed E-state index contributed by atoms with van der Waals surface area (Å²) in [5.41, 5.74) is 3.64. The van der Waals surface area contributed by atoms with Gasteiger partial charge >= 0.3 is 6.09 Å². The van der Waals surface area contributed by atoms with E-state index in [1.165, 1.54) is 0 Å². The maximum atomic E-state index is 12.5. The number of carbonyl (C=O) groups excluding carboxylic acids is 2. The molecule has 0 spiro atoms. The maximum Gasteiger partial charge on any atom is 0.408 e. The number of para-hydroxylation sites is 1. The second kappa shape index (κ2) is 8.91. The lowest BCUT2D eigenvalue weighted by molar-refractivity contribution is -0.124. The number of hydrogen-bond acceptors (Lipinski definition) is 5. The van der Waals surface area contributed by atoms with Gasteiger partial charge in [0.15, 0.2) is 0 Å². The van der Waals surface area contributed by atoms with E-state index in [2.05, 4.69) is 15.8 Å². The van der Waals surface area contributed by atoms with Crippen LogP contribution in [0, 0.1) is 5.92 Å². The first-order chi connectivity index (χ1) is 13.1. The first-order valence-electron chi connectivity index (χ1n) is 9.36. The van der Waals surface area contributed by atoms with Gasteiger partial charge in [-0.15, -0.1) is 0 Å². The Balaban J connectivity index is 2.00. The highest BCUT2D eigenvalue weighted by atomic mass is 16.6. The van der Waals surface area contributed by atoms with E-state index < -0.39 is 23.6 Å². The Hall–Kier alpha value is -2.83. The van der Waals surface area contributed by atoms with Crippen LogP contribution in [0.5, 0.6) is 5.75 Å². The van der Waals surface area contributed by atoms with E-state index in [1.807, 2.05) is 51.1 Å². The number of hydrogen-bond donors (Lipinski definition) is 2. The minimum absolute atomic E-state index is 0.134. The number of rotatable bonds is 5. The molecule has 28 heavy (non-hydrogen) atoms. The molecule has 2 N–H and O–H groups in total. The van der Waals surface area contributed by atoms with E-state index in [0.717, 1.165) is 16.9 Å². The molecule has 0 saturated heterocycles. The van der Waals surface area contributed by atoms with Gasteiger partial charge in [-0.05, 0) is 45.8 Å². The Morgan fingerprint density at radius 2 is 1.93 bits per heavy atom. The summed E-state index contributed by atoms with van der Waals surface area (Å²) in [4.78, 5) is 24.4. The van der Waals surface area contributed by atoms with Gasteiger partial charge in [-0.1, -0.05) is 32.0 Å². The number of fused-ring (bicyclic) bond motifs is 1. The number of carbonyl (C=O) groups is 2. The third kappa shape index (κ3) is 6.11. The Morgan fingerprint density at radius 3 is 2.57 bits per heavy atom. The van der Waals surface area contributed by atoms with Crippen LogP contribution in [0.2, 0.25) is 0 Å².